The SMILES string of the molecule is COc1ccc(S(=O)(=O)N(CC(=O)Nc2ccc(Cl)cc2C(=O)c2ccccc2)c2cccc(Cl)c2)cc1. The van der Waals surface area contributed by atoms with E-state index in [-0.39, 0.29) is 27.6 Å². The van der Waals surface area contributed by atoms with E-state index in [4.69, 9.17) is 27.9 Å². The van der Waals surface area contributed by atoms with Crippen LogP contribution < -0.4 is 14.4 Å². The number of anilines is 2. The van der Waals surface area contributed by atoms with Gasteiger partial charge < -0.3 is 10.1 Å². The van der Waals surface area contributed by atoms with Gasteiger partial charge in [-0.25, -0.2) is 8.42 Å². The van der Waals surface area contributed by atoms with Gasteiger partial charge >= 0.3 is 0 Å². The van der Waals surface area contributed by atoms with Gasteiger partial charge in [-0.05, 0) is 60.7 Å². The lowest BCUT2D eigenvalue weighted by Crippen LogP contribution is -2.38. The molecule has 194 valence electrons. The zero-order valence-corrected chi connectivity index (χ0v) is 22.4. The van der Waals surface area contributed by atoms with Gasteiger partial charge in [0.2, 0.25) is 5.91 Å². The first-order valence-corrected chi connectivity index (χ1v) is 13.5. The highest BCUT2D eigenvalue weighted by atomic mass is 35.5. The fraction of sp³-hybridized carbons (Fsp3) is 0.0714. The van der Waals surface area contributed by atoms with Gasteiger partial charge in [-0.2, -0.15) is 0 Å². The Bertz CT molecular complexity index is 1580. The van der Waals surface area contributed by atoms with Crippen LogP contribution in [0, 0.1) is 0 Å². The Labute approximate surface area is 230 Å². The maximum atomic E-state index is 13.6. The highest BCUT2D eigenvalue weighted by molar-refractivity contribution is 7.92. The highest BCUT2D eigenvalue weighted by Gasteiger charge is 2.28. The summed E-state index contributed by atoms with van der Waals surface area (Å²) in [4.78, 5) is 26.3. The molecule has 4 rings (SSSR count). The topological polar surface area (TPSA) is 92.8 Å². The first-order chi connectivity index (χ1) is 18.2. The number of carbonyl (C=O) groups is 2. The molecule has 4 aromatic rings. The second-order valence-electron chi connectivity index (χ2n) is 8.10. The zero-order chi connectivity index (χ0) is 27.3. The second-order valence-corrected chi connectivity index (χ2v) is 10.8. The minimum Gasteiger partial charge on any atom is -0.497 e. The molecule has 1 N–H and O–H groups in total. The average Bonchev–Trinajstić information content (AvgIpc) is 2.92. The number of rotatable bonds is 9. The molecule has 0 saturated carbocycles. The summed E-state index contributed by atoms with van der Waals surface area (Å²) in [6, 6.07) is 25.0. The molecular formula is C28H22Cl2N2O5S. The molecule has 0 saturated heterocycles. The molecule has 10 heteroatoms. The molecule has 0 radical (unpaired) electrons. The summed E-state index contributed by atoms with van der Waals surface area (Å²) in [5, 5.41) is 3.28. The van der Waals surface area contributed by atoms with E-state index < -0.39 is 22.5 Å². The monoisotopic (exact) mass is 568 g/mol. The van der Waals surface area contributed by atoms with Crippen LogP contribution >= 0.6 is 23.2 Å². The van der Waals surface area contributed by atoms with Crippen LogP contribution in [0.5, 0.6) is 5.75 Å². The van der Waals surface area contributed by atoms with Crippen LogP contribution in [0.4, 0.5) is 11.4 Å². The predicted molar refractivity (Wildman–Crippen MR) is 149 cm³/mol. The van der Waals surface area contributed by atoms with E-state index in [0.29, 0.717) is 21.4 Å². The average molecular weight is 569 g/mol. The van der Waals surface area contributed by atoms with Crippen molar-refractivity contribution in [3.05, 3.63) is 118 Å². The summed E-state index contributed by atoms with van der Waals surface area (Å²) < 4.78 is 33.3. The van der Waals surface area contributed by atoms with Crippen molar-refractivity contribution in [2.24, 2.45) is 0 Å². The third-order valence-corrected chi connectivity index (χ3v) is 7.83. The van der Waals surface area contributed by atoms with Gasteiger partial charge in [-0.3, -0.25) is 13.9 Å². The van der Waals surface area contributed by atoms with Gasteiger partial charge in [0, 0.05) is 21.2 Å². The number of nitrogens with one attached hydrogen (secondary N) is 1. The molecule has 4 aromatic carbocycles. The molecule has 0 aliphatic heterocycles. The summed E-state index contributed by atoms with van der Waals surface area (Å²) in [7, 11) is -2.72. The summed E-state index contributed by atoms with van der Waals surface area (Å²) in [6.07, 6.45) is 0. The molecular weight excluding hydrogens is 547 g/mol. The normalized spacial score (nSPS) is 11.0. The van der Waals surface area contributed by atoms with Crippen LogP contribution in [0.25, 0.3) is 0 Å². The predicted octanol–water partition coefficient (Wildman–Crippen LogP) is 6.07. The first-order valence-electron chi connectivity index (χ1n) is 11.3. The minimum absolute atomic E-state index is 0.0440. The second kappa shape index (κ2) is 11.7. The fourth-order valence-electron chi connectivity index (χ4n) is 3.70. The lowest BCUT2D eigenvalue weighted by atomic mass is 10.0. The summed E-state index contributed by atoms with van der Waals surface area (Å²) in [5.41, 5.74) is 0.971. The molecule has 0 unspecified atom stereocenters. The number of methoxy groups -OCH3 is 1. The van der Waals surface area contributed by atoms with Gasteiger partial charge in [-0.1, -0.05) is 59.6 Å². The molecule has 0 bridgehead atoms. The zero-order valence-electron chi connectivity index (χ0n) is 20.1. The Morgan fingerprint density at radius 2 is 1.53 bits per heavy atom. The minimum atomic E-state index is -4.19. The van der Waals surface area contributed by atoms with Crippen molar-refractivity contribution in [1.82, 2.24) is 0 Å². The van der Waals surface area contributed by atoms with Crippen LogP contribution in [-0.4, -0.2) is 33.8 Å². The Balaban J connectivity index is 1.67. The van der Waals surface area contributed by atoms with Gasteiger partial charge in [0.25, 0.3) is 10.0 Å². The lowest BCUT2D eigenvalue weighted by Gasteiger charge is -2.24. The molecule has 1 amide bonds. The molecule has 7 nitrogen and oxygen atoms in total. The van der Waals surface area contributed by atoms with Crippen molar-refractivity contribution < 1.29 is 22.7 Å². The number of ketones is 1. The van der Waals surface area contributed by atoms with Crippen LogP contribution in [0.3, 0.4) is 0 Å². The number of hydrogen-bond donors (Lipinski definition) is 1. The van der Waals surface area contributed by atoms with E-state index >= 15 is 0 Å². The van der Waals surface area contributed by atoms with Crippen LogP contribution in [0.15, 0.2) is 102 Å². The molecule has 0 atom stereocenters. The summed E-state index contributed by atoms with van der Waals surface area (Å²) in [5.74, 6) is -0.540. The molecule has 0 aromatic heterocycles. The largest absolute Gasteiger partial charge is 0.497 e. The Morgan fingerprint density at radius 3 is 2.18 bits per heavy atom. The van der Waals surface area contributed by atoms with Crippen molar-refractivity contribution in [3.8, 4) is 5.75 Å². The van der Waals surface area contributed by atoms with Crippen LogP contribution in [0.2, 0.25) is 10.0 Å². The molecule has 0 spiro atoms. The van der Waals surface area contributed by atoms with Crippen molar-refractivity contribution >= 4 is 56.3 Å². The van der Waals surface area contributed by atoms with Crippen molar-refractivity contribution in [1.29, 1.82) is 0 Å². The summed E-state index contributed by atoms with van der Waals surface area (Å²) in [6.45, 7) is -0.587. The van der Waals surface area contributed by atoms with Gasteiger partial charge in [-0.15, -0.1) is 0 Å². The quantitative estimate of drug-likeness (QED) is 0.247. The first kappa shape index (κ1) is 27.2. The van der Waals surface area contributed by atoms with Crippen molar-refractivity contribution in [2.75, 3.05) is 23.3 Å². The van der Waals surface area contributed by atoms with E-state index in [9.17, 15) is 18.0 Å². The van der Waals surface area contributed by atoms with Gasteiger partial charge in [0.15, 0.2) is 5.78 Å². The molecule has 0 aliphatic rings. The maximum Gasteiger partial charge on any atom is 0.264 e. The smallest absolute Gasteiger partial charge is 0.264 e. The number of hydrogen-bond acceptors (Lipinski definition) is 5. The Morgan fingerprint density at radius 1 is 0.842 bits per heavy atom. The van der Waals surface area contributed by atoms with E-state index in [1.165, 1.54) is 61.7 Å². The van der Waals surface area contributed by atoms with E-state index in [1.54, 1.807) is 42.5 Å². The van der Waals surface area contributed by atoms with Crippen LogP contribution in [-0.2, 0) is 14.8 Å². The van der Waals surface area contributed by atoms with E-state index in [2.05, 4.69) is 5.32 Å². The molecule has 0 heterocycles. The summed E-state index contributed by atoms with van der Waals surface area (Å²) >= 11 is 12.3. The number of sulfonamides is 1. The van der Waals surface area contributed by atoms with E-state index in [0.717, 1.165) is 4.31 Å². The van der Waals surface area contributed by atoms with E-state index in [1.807, 2.05) is 0 Å². The number of amides is 1. The number of nitrogens with zero attached hydrogens (tertiary/aromatic N) is 1. The van der Waals surface area contributed by atoms with Crippen molar-refractivity contribution in [2.45, 2.75) is 4.90 Å². The van der Waals surface area contributed by atoms with Crippen molar-refractivity contribution in [3.63, 3.8) is 0 Å². The Hall–Kier alpha value is -3.85. The number of benzene rings is 4. The molecule has 0 fully saturated rings. The fourth-order valence-corrected chi connectivity index (χ4v) is 5.47. The van der Waals surface area contributed by atoms with Gasteiger partial charge in [0.05, 0.1) is 23.4 Å². The van der Waals surface area contributed by atoms with Gasteiger partial charge in [0.1, 0.15) is 12.3 Å². The molecule has 38 heavy (non-hydrogen) atoms. The third-order valence-electron chi connectivity index (χ3n) is 5.57. The lowest BCUT2D eigenvalue weighted by molar-refractivity contribution is -0.114. The standard InChI is InChI=1S/C28H22Cl2N2O5S/c1-37-23-11-13-24(14-12-23)38(35,36)32(22-9-5-8-20(29)16-22)18-27(33)31-26-15-10-21(30)17-25(26)28(34)19-6-3-2-4-7-19/h2-17H,18H2,1H3,(H,31,33). The maximum absolute atomic E-state index is 13.6. The number of carbonyl (C=O) groups excluding carboxylic acids is 2. The number of ether oxygens (including phenoxy) is 1. The molecule has 0 aliphatic carbocycles. The van der Waals surface area contributed by atoms with Crippen LogP contribution in [0.1, 0.15) is 15.9 Å². The third kappa shape index (κ3) is 6.16. The number of halogens is 2. The Kier molecular flexibility index (Phi) is 8.36. The highest BCUT2D eigenvalue weighted by Crippen LogP contribution is 2.28.